The lowest BCUT2D eigenvalue weighted by Crippen LogP contribution is -2.39. The highest BCUT2D eigenvalue weighted by molar-refractivity contribution is 7.84. The van der Waals surface area contributed by atoms with Crippen LogP contribution in [0.25, 0.3) is 0 Å². The van der Waals surface area contributed by atoms with Crippen molar-refractivity contribution in [1.29, 1.82) is 5.26 Å². The molecule has 2 N–H and O–H groups in total. The number of hydrogen-bond acceptors (Lipinski definition) is 4. The smallest absolute Gasteiger partial charge is 0.108 e. The van der Waals surface area contributed by atoms with Crippen molar-refractivity contribution in [3.05, 3.63) is 0 Å². The van der Waals surface area contributed by atoms with Gasteiger partial charge in [0.05, 0.1) is 26.4 Å². The van der Waals surface area contributed by atoms with Crippen LogP contribution in [0.2, 0.25) is 6.55 Å². The first-order valence-corrected chi connectivity index (χ1v) is 7.52. The first-order chi connectivity index (χ1) is 6.92. The first-order valence-electron chi connectivity index (χ1n) is 5.07. The number of aliphatic hydroxyl groups is 2. The number of thiol groups is 1. The van der Waals surface area contributed by atoms with Crippen LogP contribution >= 0.6 is 12.6 Å². The second kappa shape index (κ2) is 6.31. The molecule has 0 heterocycles. The standard InChI is InChI=1S/C10H19NO2SSi/c1-4-5-10(14,7-11)15(3)9(13)8(2)6-12/h8,12-14H,4-6H2,1-3H3/b15-9-. The van der Waals surface area contributed by atoms with Gasteiger partial charge in [0.15, 0.2) is 0 Å². The molecule has 0 radical (unpaired) electrons. The highest BCUT2D eigenvalue weighted by atomic mass is 32.1. The molecule has 0 aliphatic carbocycles. The van der Waals surface area contributed by atoms with Gasteiger partial charge in [0.1, 0.15) is 4.37 Å². The Hall–Kier alpha value is -0.313. The van der Waals surface area contributed by atoms with Crippen LogP contribution in [-0.2, 0) is 0 Å². The number of nitriles is 1. The molecule has 0 rings (SSSR count). The van der Waals surface area contributed by atoms with Gasteiger partial charge in [-0.2, -0.15) is 17.9 Å². The Bertz CT molecular complexity index is 288. The molecule has 0 aromatic heterocycles. The van der Waals surface area contributed by atoms with E-state index in [2.05, 4.69) is 18.7 Å². The molecule has 0 spiro atoms. The average molecular weight is 245 g/mol. The molecule has 2 unspecified atom stereocenters. The van der Waals surface area contributed by atoms with E-state index >= 15 is 0 Å². The SMILES string of the molecule is CCCC(S)(C#N)/[Si](C)=C(\O)C(C)CO. The molecule has 5 heteroatoms. The van der Waals surface area contributed by atoms with Gasteiger partial charge in [-0.05, 0) is 6.42 Å². The van der Waals surface area contributed by atoms with E-state index in [4.69, 9.17) is 10.4 Å². The summed E-state index contributed by atoms with van der Waals surface area (Å²) in [7, 11) is -1.41. The molecule has 0 aromatic carbocycles. The summed E-state index contributed by atoms with van der Waals surface area (Å²) < 4.78 is -0.743. The highest BCUT2D eigenvalue weighted by Gasteiger charge is 2.31. The van der Waals surface area contributed by atoms with Crippen molar-refractivity contribution in [2.45, 2.75) is 37.6 Å². The topological polar surface area (TPSA) is 64.2 Å². The molecule has 0 bridgehead atoms. The van der Waals surface area contributed by atoms with E-state index in [1.807, 2.05) is 13.5 Å². The molecular formula is C10H19NO2SSi. The van der Waals surface area contributed by atoms with Gasteiger partial charge in [0.25, 0.3) is 0 Å². The van der Waals surface area contributed by atoms with E-state index in [1.165, 1.54) is 0 Å². The van der Waals surface area contributed by atoms with Gasteiger partial charge in [-0.25, -0.2) is 0 Å². The summed E-state index contributed by atoms with van der Waals surface area (Å²) in [6.07, 6.45) is 1.53. The summed E-state index contributed by atoms with van der Waals surface area (Å²) in [5.74, 6) is -0.263. The monoisotopic (exact) mass is 245 g/mol. The predicted octanol–water partition coefficient (Wildman–Crippen LogP) is 1.35. The van der Waals surface area contributed by atoms with Crippen LogP contribution in [0.15, 0.2) is 0 Å². The Morgan fingerprint density at radius 2 is 2.20 bits per heavy atom. The van der Waals surface area contributed by atoms with Gasteiger partial charge in [-0.1, -0.05) is 26.8 Å². The first kappa shape index (κ1) is 14.7. The van der Waals surface area contributed by atoms with Crippen molar-refractivity contribution >= 4 is 26.4 Å². The van der Waals surface area contributed by atoms with Gasteiger partial charge in [-0.3, -0.25) is 0 Å². The predicted molar refractivity (Wildman–Crippen MR) is 67.0 cm³/mol. The fourth-order valence-corrected chi connectivity index (χ4v) is 3.97. The lowest BCUT2D eigenvalue weighted by Gasteiger charge is -2.23. The summed E-state index contributed by atoms with van der Waals surface area (Å²) in [4.78, 5) is 0. The van der Waals surface area contributed by atoms with E-state index in [0.717, 1.165) is 6.42 Å². The maximum atomic E-state index is 9.88. The summed E-state index contributed by atoms with van der Waals surface area (Å²) in [5, 5.41) is 28.2. The molecular weight excluding hydrogens is 226 g/mol. The summed E-state index contributed by atoms with van der Waals surface area (Å²) in [6, 6.07) is 2.19. The Kier molecular flexibility index (Phi) is 6.18. The number of rotatable bonds is 5. The van der Waals surface area contributed by atoms with Gasteiger partial charge >= 0.3 is 0 Å². The molecule has 0 aliphatic rings. The molecule has 3 nitrogen and oxygen atoms in total. The quantitative estimate of drug-likeness (QED) is 0.506. The Labute approximate surface area is 98.4 Å². The maximum absolute atomic E-state index is 9.88. The van der Waals surface area contributed by atoms with Crippen LogP contribution in [-0.4, -0.2) is 35.0 Å². The zero-order valence-electron chi connectivity index (χ0n) is 9.49. The van der Waals surface area contributed by atoms with E-state index in [1.54, 1.807) is 6.92 Å². The van der Waals surface area contributed by atoms with E-state index in [-0.39, 0.29) is 17.9 Å². The van der Waals surface area contributed by atoms with Gasteiger partial charge in [0.2, 0.25) is 0 Å². The van der Waals surface area contributed by atoms with Crippen molar-refractivity contribution in [3.8, 4) is 6.07 Å². The molecule has 0 saturated heterocycles. The zero-order chi connectivity index (χ0) is 12.1. The Balaban J connectivity index is 5.09. The lowest BCUT2D eigenvalue weighted by atomic mass is 10.2. The molecule has 0 saturated carbocycles. The molecule has 0 aliphatic heterocycles. The Morgan fingerprint density at radius 3 is 2.53 bits per heavy atom. The van der Waals surface area contributed by atoms with Crippen molar-refractivity contribution in [1.82, 2.24) is 0 Å². The summed E-state index contributed by atoms with van der Waals surface area (Å²) in [6.45, 7) is 5.53. The van der Waals surface area contributed by atoms with Crippen LogP contribution in [0.5, 0.6) is 0 Å². The number of hydrogen-bond donors (Lipinski definition) is 3. The zero-order valence-corrected chi connectivity index (χ0v) is 11.4. The second-order valence-electron chi connectivity index (χ2n) is 3.82. The minimum absolute atomic E-state index is 0.0880. The minimum atomic E-state index is -1.41. The Morgan fingerprint density at radius 1 is 1.67 bits per heavy atom. The third kappa shape index (κ3) is 3.63. The van der Waals surface area contributed by atoms with Gasteiger partial charge in [0, 0.05) is 5.92 Å². The van der Waals surface area contributed by atoms with Gasteiger partial charge in [-0.15, -0.1) is 0 Å². The number of aliphatic hydroxyl groups excluding tert-OH is 2. The van der Waals surface area contributed by atoms with Crippen LogP contribution in [0.4, 0.5) is 0 Å². The van der Waals surface area contributed by atoms with E-state index < -0.39 is 12.8 Å². The third-order valence-electron chi connectivity index (χ3n) is 2.54. The summed E-state index contributed by atoms with van der Waals surface area (Å²) >= 11 is 4.39. The average Bonchev–Trinajstić information content (AvgIpc) is 2.26. The molecule has 86 valence electrons. The second-order valence-corrected chi connectivity index (χ2v) is 7.62. The number of nitrogens with zero attached hydrogens (tertiary/aromatic N) is 1. The van der Waals surface area contributed by atoms with Crippen LogP contribution in [0.1, 0.15) is 26.7 Å². The fourth-order valence-electron chi connectivity index (χ4n) is 1.36. The fraction of sp³-hybridized carbons (Fsp3) is 0.800. The maximum Gasteiger partial charge on any atom is 0.108 e. The van der Waals surface area contributed by atoms with Crippen LogP contribution < -0.4 is 0 Å². The van der Waals surface area contributed by atoms with Gasteiger partial charge < -0.3 is 10.2 Å². The minimum Gasteiger partial charge on any atom is -0.518 e. The van der Waals surface area contributed by atoms with E-state index in [9.17, 15) is 5.11 Å². The van der Waals surface area contributed by atoms with Crippen molar-refractivity contribution < 1.29 is 10.2 Å². The molecule has 0 fully saturated rings. The largest absolute Gasteiger partial charge is 0.518 e. The third-order valence-corrected chi connectivity index (χ3v) is 6.74. The highest BCUT2D eigenvalue weighted by Crippen LogP contribution is 2.22. The lowest BCUT2D eigenvalue weighted by molar-refractivity contribution is 0.259. The van der Waals surface area contributed by atoms with Crippen LogP contribution in [0.3, 0.4) is 0 Å². The van der Waals surface area contributed by atoms with Crippen LogP contribution in [0, 0.1) is 17.2 Å². The normalized spacial score (nSPS) is 18.7. The van der Waals surface area contributed by atoms with E-state index in [0.29, 0.717) is 6.42 Å². The van der Waals surface area contributed by atoms with Crippen molar-refractivity contribution in [2.24, 2.45) is 5.92 Å². The molecule has 0 aromatic rings. The van der Waals surface area contributed by atoms with Crippen molar-refractivity contribution in [2.75, 3.05) is 6.61 Å². The van der Waals surface area contributed by atoms with Crippen molar-refractivity contribution in [3.63, 3.8) is 0 Å². The molecule has 15 heavy (non-hydrogen) atoms. The molecule has 0 amide bonds. The molecule has 2 atom stereocenters. The summed E-state index contributed by atoms with van der Waals surface area (Å²) in [5.41, 5.74) is 0.